The molecule has 0 aliphatic carbocycles. The predicted octanol–water partition coefficient (Wildman–Crippen LogP) is -3.23. The van der Waals surface area contributed by atoms with E-state index in [1.165, 1.54) is 30.3 Å². The second-order valence-corrected chi connectivity index (χ2v) is 18.4. The first-order valence-electron chi connectivity index (χ1n) is 24.8. The number of aromatic amines is 2. The smallest absolute Gasteiger partial charge is 0.325 e. The number of fused-ring (bicyclic) bond motifs is 3. The number of unbranched alkanes of at least 4 members (excludes halogenated alkanes) is 1. The zero-order valence-electron chi connectivity index (χ0n) is 41.9. The van der Waals surface area contributed by atoms with Crippen molar-refractivity contribution in [3.8, 4) is 0 Å². The Kier molecular flexibility index (Phi) is 20.5. The number of benzene rings is 2. The largest absolute Gasteiger partial charge is 0.480 e. The van der Waals surface area contributed by atoms with E-state index in [0.29, 0.717) is 36.2 Å². The van der Waals surface area contributed by atoms with Gasteiger partial charge in [-0.1, -0.05) is 60.2 Å². The van der Waals surface area contributed by atoms with Crippen LogP contribution in [0.4, 0.5) is 0 Å². The van der Waals surface area contributed by atoms with Crippen molar-refractivity contribution in [2.45, 2.75) is 120 Å². The molecule has 406 valence electrons. The molecule has 6 rings (SSSR count). The number of carbonyl (C=O) groups excluding carboxylic acids is 7. The van der Waals surface area contributed by atoms with Gasteiger partial charge in [-0.05, 0) is 56.3 Å². The number of aliphatic imine (C=N–C) groups is 1. The van der Waals surface area contributed by atoms with Crippen molar-refractivity contribution in [3.63, 3.8) is 0 Å². The van der Waals surface area contributed by atoms with Crippen molar-refractivity contribution in [3.05, 3.63) is 102 Å². The molecular weight excluding hydrogens is 985 g/mol. The van der Waals surface area contributed by atoms with Gasteiger partial charge in [0.1, 0.15) is 42.3 Å². The van der Waals surface area contributed by atoms with Crippen molar-refractivity contribution in [1.82, 2.24) is 67.2 Å². The number of aromatic nitrogens is 6. The second-order valence-electron chi connectivity index (χ2n) is 18.4. The Labute approximate surface area is 436 Å². The second kappa shape index (κ2) is 27.5. The Morgan fingerprint density at radius 1 is 0.816 bits per heavy atom. The number of amides is 7. The highest BCUT2D eigenvalue weighted by Crippen LogP contribution is 2.20. The molecule has 0 spiro atoms. The van der Waals surface area contributed by atoms with Gasteiger partial charge in [0.2, 0.25) is 41.4 Å². The molecule has 2 aromatic carbocycles. The van der Waals surface area contributed by atoms with E-state index in [1.54, 1.807) is 42.6 Å². The van der Waals surface area contributed by atoms with Gasteiger partial charge in [-0.2, -0.15) is 0 Å². The highest BCUT2D eigenvalue weighted by molar-refractivity contribution is 5.98. The first-order valence-corrected chi connectivity index (χ1v) is 24.8. The Hall–Kier alpha value is -8.72. The van der Waals surface area contributed by atoms with Gasteiger partial charge in [0, 0.05) is 67.4 Å². The number of hydrogen-bond donors (Lipinski definition) is 14. The minimum absolute atomic E-state index is 0.0399. The molecule has 0 fully saturated rings. The van der Waals surface area contributed by atoms with Crippen LogP contribution in [0.2, 0.25) is 0 Å². The fourth-order valence-corrected chi connectivity index (χ4v) is 8.36. The molecule has 27 nitrogen and oxygen atoms in total. The lowest BCUT2D eigenvalue weighted by Crippen LogP contribution is -2.61. The average molecular weight is 1050 g/mol. The number of rotatable bonds is 19. The van der Waals surface area contributed by atoms with Crippen LogP contribution in [0, 0.1) is 0 Å². The topological polar surface area (TPSA) is 433 Å². The van der Waals surface area contributed by atoms with E-state index in [-0.39, 0.29) is 56.7 Å². The molecule has 0 unspecified atom stereocenters. The molecule has 2 bridgehead atoms. The summed E-state index contributed by atoms with van der Waals surface area (Å²) in [6.07, 6.45) is 6.40. The van der Waals surface area contributed by atoms with Crippen LogP contribution in [0.5, 0.6) is 0 Å². The lowest BCUT2D eigenvalue weighted by atomic mass is 10.0. The number of imidazole rings is 1. The highest BCUT2D eigenvalue weighted by atomic mass is 16.4. The maximum atomic E-state index is 14.7. The number of nitrogens with zero attached hydrogens (tertiary/aromatic N) is 5. The number of nitrogens with two attached hydrogens (primary N) is 4. The number of carboxylic acid groups (broad SMARTS) is 1. The van der Waals surface area contributed by atoms with Gasteiger partial charge in [-0.25, -0.2) is 9.67 Å². The van der Waals surface area contributed by atoms with E-state index in [0.717, 1.165) is 10.9 Å². The van der Waals surface area contributed by atoms with E-state index in [1.807, 2.05) is 18.2 Å². The summed E-state index contributed by atoms with van der Waals surface area (Å²) in [5.74, 6) is -7.48. The van der Waals surface area contributed by atoms with E-state index < -0.39 is 109 Å². The summed E-state index contributed by atoms with van der Waals surface area (Å²) in [6, 6.07) is 4.76. The molecule has 4 heterocycles. The van der Waals surface area contributed by atoms with Gasteiger partial charge in [0.05, 0.1) is 24.6 Å². The maximum absolute atomic E-state index is 14.7. The molecule has 0 saturated carbocycles. The molecule has 7 amide bonds. The normalized spacial score (nSPS) is 20.8. The average Bonchev–Trinajstić information content (AvgIpc) is 4.18. The third-order valence-corrected chi connectivity index (χ3v) is 12.5. The molecule has 27 heteroatoms. The van der Waals surface area contributed by atoms with Gasteiger partial charge in [0.15, 0.2) is 5.96 Å². The highest BCUT2D eigenvalue weighted by Gasteiger charge is 2.36. The molecule has 0 radical (unpaired) electrons. The quantitative estimate of drug-likeness (QED) is 0.0220. The van der Waals surface area contributed by atoms with Crippen molar-refractivity contribution in [2.24, 2.45) is 27.9 Å². The fraction of sp³-hybridized carbons (Fsp3) is 0.429. The molecule has 0 saturated heterocycles. The third-order valence-electron chi connectivity index (χ3n) is 12.5. The summed E-state index contributed by atoms with van der Waals surface area (Å²) in [4.78, 5) is 127. The van der Waals surface area contributed by atoms with Gasteiger partial charge < -0.3 is 75.2 Å². The molecule has 3 aromatic heterocycles. The van der Waals surface area contributed by atoms with Crippen LogP contribution < -0.4 is 60.2 Å². The number of nitrogens with one attached hydrogen (secondary N) is 9. The molecule has 76 heavy (non-hydrogen) atoms. The minimum atomic E-state index is -1.55. The number of hydrogen-bond acceptors (Lipinski definition) is 14. The van der Waals surface area contributed by atoms with Crippen LogP contribution in [-0.4, -0.2) is 150 Å². The van der Waals surface area contributed by atoms with Crippen LogP contribution in [0.25, 0.3) is 10.9 Å². The van der Waals surface area contributed by atoms with Crippen LogP contribution in [0.3, 0.4) is 0 Å². The van der Waals surface area contributed by atoms with Gasteiger partial charge in [0.25, 0.3) is 0 Å². The van der Waals surface area contributed by atoms with Gasteiger partial charge >= 0.3 is 5.97 Å². The minimum Gasteiger partial charge on any atom is -0.480 e. The van der Waals surface area contributed by atoms with Gasteiger partial charge in [-0.3, -0.25) is 43.3 Å². The summed E-state index contributed by atoms with van der Waals surface area (Å²) in [6.45, 7) is 1.23. The van der Waals surface area contributed by atoms with E-state index >= 15 is 0 Å². The lowest BCUT2D eigenvalue weighted by Gasteiger charge is -2.28. The predicted molar refractivity (Wildman–Crippen MR) is 276 cm³/mol. The number of para-hydroxylation sites is 1. The Morgan fingerprint density at radius 3 is 2.17 bits per heavy atom. The number of carbonyl (C=O) groups is 8. The van der Waals surface area contributed by atoms with Crippen molar-refractivity contribution in [2.75, 3.05) is 13.1 Å². The summed E-state index contributed by atoms with van der Waals surface area (Å²) in [5.41, 5.74) is 25.5. The molecule has 8 atom stereocenters. The number of carboxylic acids is 1. The molecule has 18 N–H and O–H groups in total. The van der Waals surface area contributed by atoms with Crippen molar-refractivity contribution in [1.29, 1.82) is 0 Å². The van der Waals surface area contributed by atoms with E-state index in [9.17, 15) is 43.5 Å². The van der Waals surface area contributed by atoms with Crippen LogP contribution in [0.1, 0.15) is 61.5 Å². The monoisotopic (exact) mass is 1050 g/mol. The first kappa shape index (κ1) is 56.6. The number of H-pyrrole nitrogens is 2. The fourth-order valence-electron chi connectivity index (χ4n) is 8.36. The third kappa shape index (κ3) is 16.6. The Morgan fingerprint density at radius 2 is 1.47 bits per heavy atom. The lowest BCUT2D eigenvalue weighted by molar-refractivity contribution is -0.141. The van der Waals surface area contributed by atoms with Crippen molar-refractivity contribution >= 4 is 64.2 Å². The van der Waals surface area contributed by atoms with Crippen LogP contribution in [0.15, 0.2) is 84.5 Å². The van der Waals surface area contributed by atoms with Gasteiger partial charge in [-0.15, -0.1) is 5.10 Å². The zero-order valence-corrected chi connectivity index (χ0v) is 41.9. The van der Waals surface area contributed by atoms with Crippen LogP contribution in [-0.2, 0) is 70.6 Å². The number of guanidine groups is 1. The standard InChI is InChI=1S/C49H66N18O9/c1-27(48(75)76)58-43(70)39-21-31-24-67(66-65-31)25-40(64-41(68)33(51)13-7-8-16-50)47(74)63-38(20-30-23-54-26-57-30)46(73)60-36(18-28-10-3-2-4-11-28)44(71)59-35(15-9-17-55-49(52)53)42(69)61-37(45(72)62-39)19-29-22-56-34-14-6-5-12-32(29)34/h2-6,10-12,14,22-24,26-27,33,35-40,56H,7-9,13,15-21,25,50-51H2,1H3,(H,54,57)(H,58,70)(H,59,71)(H,60,73)(H,61,69)(H,62,72)(H,63,74)(H,64,68)(H,75,76)(H4,52,53,55)/t27-,33-,35-,36+,37-,38-,39-,40-/m0/s1. The summed E-state index contributed by atoms with van der Waals surface area (Å²) >= 11 is 0. The Bertz CT molecular complexity index is 2810. The van der Waals surface area contributed by atoms with Crippen molar-refractivity contribution < 1.29 is 43.5 Å². The molecular formula is C49H66N18O9. The maximum Gasteiger partial charge on any atom is 0.325 e. The summed E-state index contributed by atoms with van der Waals surface area (Å²) < 4.78 is 1.19. The SMILES string of the molecule is C[C@H](NC(=O)[C@@H]1Cc2cn(nn2)C[C@H](NC(=O)[C@@H](N)CCCCN)C(=O)N[C@@H](Cc2cnc[nH]2)C(=O)N[C@H](Cc2ccccc2)C(=O)N[C@@H](CCCN=C(N)N)C(=O)N[C@@H](Cc2c[nH]c3ccccc23)C(=O)N1)C(=O)O. The Balaban J connectivity index is 1.45. The number of aliphatic carboxylic acids is 1. The van der Waals surface area contributed by atoms with Crippen LogP contribution >= 0.6 is 0 Å². The molecule has 1 aliphatic heterocycles. The first-order chi connectivity index (χ1) is 36.5. The molecule has 1 aliphatic rings. The zero-order chi connectivity index (χ0) is 54.7. The summed E-state index contributed by atoms with van der Waals surface area (Å²) in [5, 5.41) is 37.5. The van der Waals surface area contributed by atoms with E-state index in [4.69, 9.17) is 22.9 Å². The molecule has 5 aromatic rings. The summed E-state index contributed by atoms with van der Waals surface area (Å²) in [7, 11) is 0. The van der Waals surface area contributed by atoms with E-state index in [2.05, 4.69) is 67.5 Å².